The normalized spacial score (nSPS) is 13.4. The molecule has 0 aromatic heterocycles. The van der Waals surface area contributed by atoms with Crippen molar-refractivity contribution in [3.8, 4) is 0 Å². The van der Waals surface area contributed by atoms with Gasteiger partial charge in [0, 0.05) is 25.7 Å². The quantitative estimate of drug-likeness (QED) is 0.629. The fourth-order valence-electron chi connectivity index (χ4n) is 0.982. The second-order valence-electron chi connectivity index (χ2n) is 4.44. The lowest BCUT2D eigenvalue weighted by atomic mass is 10.1. The first kappa shape index (κ1) is 14.2. The molecule has 5 nitrogen and oxygen atoms in total. The van der Waals surface area contributed by atoms with Gasteiger partial charge in [0.2, 0.25) is 0 Å². The Labute approximate surface area is 90.4 Å². The summed E-state index contributed by atoms with van der Waals surface area (Å²) in [5.41, 5.74) is -0.518. The van der Waals surface area contributed by atoms with Crippen molar-refractivity contribution >= 4 is 6.09 Å². The molecular weight excluding hydrogens is 198 g/mol. The topological polar surface area (TPSA) is 78.8 Å². The standard InChI is InChI=1S/C10H21NO4/c1-10(2,3)15-9(14)11-6-8(7-13)4-5-12/h8,12-13H,4-7H2,1-3H3,(H,11,14). The van der Waals surface area contributed by atoms with Crippen LogP contribution in [-0.4, -0.2) is 41.7 Å². The Hall–Kier alpha value is -0.810. The highest BCUT2D eigenvalue weighted by atomic mass is 16.6. The van der Waals surface area contributed by atoms with Crippen LogP contribution >= 0.6 is 0 Å². The zero-order valence-corrected chi connectivity index (χ0v) is 9.62. The van der Waals surface area contributed by atoms with Gasteiger partial charge in [-0.15, -0.1) is 0 Å². The van der Waals surface area contributed by atoms with Gasteiger partial charge >= 0.3 is 6.09 Å². The molecule has 0 radical (unpaired) electrons. The van der Waals surface area contributed by atoms with Crippen LogP contribution in [0.4, 0.5) is 4.79 Å². The number of carbonyl (C=O) groups excluding carboxylic acids is 1. The molecule has 1 unspecified atom stereocenters. The molecule has 0 aromatic rings. The Kier molecular flexibility index (Phi) is 6.27. The highest BCUT2D eigenvalue weighted by Crippen LogP contribution is 2.07. The number of hydrogen-bond donors (Lipinski definition) is 3. The maximum Gasteiger partial charge on any atom is 0.407 e. The predicted molar refractivity (Wildman–Crippen MR) is 56.5 cm³/mol. The predicted octanol–water partition coefficient (Wildman–Crippen LogP) is 0.502. The van der Waals surface area contributed by atoms with Gasteiger partial charge in [0.15, 0.2) is 0 Å². The molecule has 0 fully saturated rings. The van der Waals surface area contributed by atoms with Crippen molar-refractivity contribution in [3.63, 3.8) is 0 Å². The Bertz CT molecular complexity index is 188. The summed E-state index contributed by atoms with van der Waals surface area (Å²) >= 11 is 0. The molecule has 0 aliphatic rings. The van der Waals surface area contributed by atoms with Crippen molar-refractivity contribution in [2.24, 2.45) is 5.92 Å². The third-order valence-electron chi connectivity index (χ3n) is 1.73. The minimum Gasteiger partial charge on any atom is -0.444 e. The van der Waals surface area contributed by atoms with E-state index in [1.165, 1.54) is 0 Å². The lowest BCUT2D eigenvalue weighted by molar-refractivity contribution is 0.0508. The van der Waals surface area contributed by atoms with Crippen LogP contribution in [0, 0.1) is 5.92 Å². The van der Waals surface area contributed by atoms with Crippen LogP contribution in [0.1, 0.15) is 27.2 Å². The van der Waals surface area contributed by atoms with Crippen molar-refractivity contribution in [2.75, 3.05) is 19.8 Å². The van der Waals surface area contributed by atoms with E-state index in [4.69, 9.17) is 14.9 Å². The van der Waals surface area contributed by atoms with E-state index in [0.717, 1.165) is 0 Å². The van der Waals surface area contributed by atoms with E-state index in [-0.39, 0.29) is 19.1 Å². The van der Waals surface area contributed by atoms with Gasteiger partial charge in [0.1, 0.15) is 5.60 Å². The van der Waals surface area contributed by atoms with Gasteiger partial charge in [-0.3, -0.25) is 0 Å². The molecule has 1 atom stereocenters. The molecule has 3 N–H and O–H groups in total. The fourth-order valence-corrected chi connectivity index (χ4v) is 0.982. The summed E-state index contributed by atoms with van der Waals surface area (Å²) in [5, 5.41) is 20.1. The van der Waals surface area contributed by atoms with Crippen molar-refractivity contribution in [2.45, 2.75) is 32.8 Å². The first-order chi connectivity index (χ1) is 6.89. The zero-order valence-electron chi connectivity index (χ0n) is 9.62. The van der Waals surface area contributed by atoms with E-state index in [2.05, 4.69) is 5.32 Å². The molecule has 5 heteroatoms. The highest BCUT2D eigenvalue weighted by molar-refractivity contribution is 5.67. The molecule has 1 amide bonds. The van der Waals surface area contributed by atoms with Gasteiger partial charge in [-0.2, -0.15) is 0 Å². The summed E-state index contributed by atoms with van der Waals surface area (Å²) in [6.07, 6.45) is -0.0364. The Balaban J connectivity index is 3.78. The van der Waals surface area contributed by atoms with Crippen LogP contribution in [0.3, 0.4) is 0 Å². The smallest absolute Gasteiger partial charge is 0.407 e. The number of rotatable bonds is 5. The minimum absolute atomic E-state index is 0.00122. The minimum atomic E-state index is -0.518. The maximum atomic E-state index is 11.2. The number of carbonyl (C=O) groups is 1. The summed E-state index contributed by atoms with van der Waals surface area (Å²) in [6.45, 7) is 5.60. The molecule has 0 heterocycles. The molecule has 0 bridgehead atoms. The molecule has 0 saturated heterocycles. The first-order valence-electron chi connectivity index (χ1n) is 5.07. The Morgan fingerprint density at radius 2 is 2.00 bits per heavy atom. The van der Waals surface area contributed by atoms with E-state index in [0.29, 0.717) is 13.0 Å². The third-order valence-corrected chi connectivity index (χ3v) is 1.73. The maximum absolute atomic E-state index is 11.2. The van der Waals surface area contributed by atoms with Gasteiger partial charge < -0.3 is 20.3 Å². The number of aliphatic hydroxyl groups excluding tert-OH is 2. The van der Waals surface area contributed by atoms with Crippen molar-refractivity contribution in [1.29, 1.82) is 0 Å². The third kappa shape index (κ3) is 8.20. The molecule has 0 rings (SSSR count). The summed E-state index contributed by atoms with van der Waals surface area (Å²) in [4.78, 5) is 11.2. The van der Waals surface area contributed by atoms with Crippen LogP contribution in [0.5, 0.6) is 0 Å². The van der Waals surface area contributed by atoms with Crippen LogP contribution in [-0.2, 0) is 4.74 Å². The van der Waals surface area contributed by atoms with Crippen molar-refractivity contribution < 1.29 is 19.7 Å². The number of ether oxygens (including phenoxy) is 1. The molecule has 90 valence electrons. The summed E-state index contributed by atoms with van der Waals surface area (Å²) in [7, 11) is 0. The Morgan fingerprint density at radius 1 is 1.40 bits per heavy atom. The lowest BCUT2D eigenvalue weighted by Gasteiger charge is -2.21. The second kappa shape index (κ2) is 6.63. The monoisotopic (exact) mass is 219 g/mol. The summed E-state index contributed by atoms with van der Waals surface area (Å²) in [5.74, 6) is -0.123. The fraction of sp³-hybridized carbons (Fsp3) is 0.900. The zero-order chi connectivity index (χ0) is 11.9. The molecular formula is C10H21NO4. The van der Waals surface area contributed by atoms with E-state index >= 15 is 0 Å². The number of amides is 1. The van der Waals surface area contributed by atoms with E-state index in [1.54, 1.807) is 20.8 Å². The molecule has 0 aromatic carbocycles. The van der Waals surface area contributed by atoms with Crippen LogP contribution in [0.2, 0.25) is 0 Å². The molecule has 0 saturated carbocycles. The van der Waals surface area contributed by atoms with Gasteiger partial charge in [0.05, 0.1) is 0 Å². The number of hydrogen-bond acceptors (Lipinski definition) is 4. The number of nitrogens with one attached hydrogen (secondary N) is 1. The van der Waals surface area contributed by atoms with Crippen LogP contribution < -0.4 is 5.32 Å². The van der Waals surface area contributed by atoms with Crippen LogP contribution in [0.15, 0.2) is 0 Å². The van der Waals surface area contributed by atoms with E-state index < -0.39 is 11.7 Å². The van der Waals surface area contributed by atoms with Crippen LogP contribution in [0.25, 0.3) is 0 Å². The largest absolute Gasteiger partial charge is 0.444 e. The van der Waals surface area contributed by atoms with Gasteiger partial charge in [-0.25, -0.2) is 4.79 Å². The lowest BCUT2D eigenvalue weighted by Crippen LogP contribution is -2.36. The molecule has 15 heavy (non-hydrogen) atoms. The first-order valence-corrected chi connectivity index (χ1v) is 5.07. The average Bonchev–Trinajstić information content (AvgIpc) is 2.09. The summed E-state index contributed by atoms with van der Waals surface area (Å²) < 4.78 is 5.02. The molecule has 0 aliphatic carbocycles. The van der Waals surface area contributed by atoms with Crippen molar-refractivity contribution in [3.05, 3.63) is 0 Å². The van der Waals surface area contributed by atoms with E-state index in [1.807, 2.05) is 0 Å². The molecule has 0 spiro atoms. The highest BCUT2D eigenvalue weighted by Gasteiger charge is 2.16. The Morgan fingerprint density at radius 3 is 2.40 bits per heavy atom. The van der Waals surface area contributed by atoms with E-state index in [9.17, 15) is 4.79 Å². The van der Waals surface area contributed by atoms with Gasteiger partial charge in [0.25, 0.3) is 0 Å². The van der Waals surface area contributed by atoms with Crippen molar-refractivity contribution in [1.82, 2.24) is 5.32 Å². The summed E-state index contributed by atoms with van der Waals surface area (Å²) in [6, 6.07) is 0. The second-order valence-corrected chi connectivity index (χ2v) is 4.44. The number of alkyl carbamates (subject to hydrolysis) is 1. The number of aliphatic hydroxyl groups is 2. The van der Waals surface area contributed by atoms with Gasteiger partial charge in [-0.1, -0.05) is 0 Å². The van der Waals surface area contributed by atoms with Gasteiger partial charge in [-0.05, 0) is 27.2 Å². The SMILES string of the molecule is CC(C)(C)OC(=O)NCC(CO)CCO. The molecule has 0 aliphatic heterocycles. The average molecular weight is 219 g/mol.